The highest BCUT2D eigenvalue weighted by atomic mass is 35.5. The van der Waals surface area contributed by atoms with E-state index in [4.69, 9.17) is 11.6 Å². The molecule has 1 aromatic carbocycles. The van der Waals surface area contributed by atoms with Gasteiger partial charge in [-0.25, -0.2) is 0 Å². The van der Waals surface area contributed by atoms with Gasteiger partial charge in [-0.3, -0.25) is 9.48 Å². The van der Waals surface area contributed by atoms with Gasteiger partial charge < -0.3 is 10.1 Å². The monoisotopic (exact) mass is 289 g/mol. The Kier molecular flexibility index (Phi) is 2.79. The zero-order chi connectivity index (χ0) is 14.4. The highest BCUT2D eigenvalue weighted by Crippen LogP contribution is 2.28. The Morgan fingerprint density at radius 1 is 1.30 bits per heavy atom. The second-order valence-corrected chi connectivity index (χ2v) is 5.05. The number of H-pyrrole nitrogens is 1. The third-order valence-corrected chi connectivity index (χ3v) is 3.53. The summed E-state index contributed by atoms with van der Waals surface area (Å²) in [6.45, 7) is 1.74. The van der Waals surface area contributed by atoms with Crippen molar-refractivity contribution in [2.45, 2.75) is 6.92 Å². The van der Waals surface area contributed by atoms with Crippen LogP contribution in [0.5, 0.6) is 5.75 Å². The maximum absolute atomic E-state index is 12.3. The molecule has 0 saturated heterocycles. The van der Waals surface area contributed by atoms with Crippen molar-refractivity contribution in [1.82, 2.24) is 14.8 Å². The van der Waals surface area contributed by atoms with Crippen LogP contribution in [0.15, 0.2) is 29.1 Å². The van der Waals surface area contributed by atoms with Crippen LogP contribution in [0.25, 0.3) is 22.3 Å². The predicted octanol–water partition coefficient (Wildman–Crippen LogP) is 2.60. The smallest absolute Gasteiger partial charge is 0.235 e. The molecule has 0 fully saturated rings. The molecule has 3 rings (SSSR count). The minimum atomic E-state index is -0.422. The van der Waals surface area contributed by atoms with Crippen molar-refractivity contribution in [2.24, 2.45) is 7.05 Å². The molecular formula is C14H12ClN3O2. The lowest BCUT2D eigenvalue weighted by atomic mass is 10.1. The molecule has 3 aromatic rings. The summed E-state index contributed by atoms with van der Waals surface area (Å²) in [6.07, 6.45) is 0. The van der Waals surface area contributed by atoms with Crippen LogP contribution in [0.3, 0.4) is 0 Å². The third kappa shape index (κ3) is 1.78. The summed E-state index contributed by atoms with van der Waals surface area (Å²) in [5.41, 5.74) is 1.79. The standard InChI is InChI=1S/C14H12ClN3O2/c1-7-10-12(19)13(20)11(16-14(10)18(2)17-7)8-3-5-9(15)6-4-8/h3-6,20H,1-2H3,(H,16,19). The molecule has 0 spiro atoms. The lowest BCUT2D eigenvalue weighted by Crippen LogP contribution is -2.06. The maximum atomic E-state index is 12.3. The fourth-order valence-electron chi connectivity index (χ4n) is 2.31. The molecule has 2 aromatic heterocycles. The molecule has 5 nitrogen and oxygen atoms in total. The second kappa shape index (κ2) is 4.38. The van der Waals surface area contributed by atoms with Crippen LogP contribution >= 0.6 is 11.6 Å². The summed E-state index contributed by atoms with van der Waals surface area (Å²) in [6, 6.07) is 6.88. The zero-order valence-electron chi connectivity index (χ0n) is 10.9. The lowest BCUT2D eigenvalue weighted by Gasteiger charge is -2.06. The molecular weight excluding hydrogens is 278 g/mol. The van der Waals surface area contributed by atoms with E-state index in [1.54, 1.807) is 42.9 Å². The Balaban J connectivity index is 2.37. The molecule has 0 amide bonds. The fourth-order valence-corrected chi connectivity index (χ4v) is 2.43. The summed E-state index contributed by atoms with van der Waals surface area (Å²) in [7, 11) is 1.74. The number of nitrogens with zero attached hydrogens (tertiary/aromatic N) is 2. The first kappa shape index (κ1) is 12.7. The molecule has 0 aliphatic rings. The largest absolute Gasteiger partial charge is 0.503 e. The second-order valence-electron chi connectivity index (χ2n) is 4.62. The van der Waals surface area contributed by atoms with Crippen LogP contribution in [0.1, 0.15) is 5.69 Å². The molecule has 0 aliphatic heterocycles. The number of hydrogen-bond acceptors (Lipinski definition) is 3. The van der Waals surface area contributed by atoms with Gasteiger partial charge in [0.05, 0.1) is 16.8 Å². The van der Waals surface area contributed by atoms with Crippen molar-refractivity contribution in [3.8, 4) is 17.0 Å². The number of aromatic nitrogens is 3. The number of fused-ring (bicyclic) bond motifs is 1. The Hall–Kier alpha value is -2.27. The number of rotatable bonds is 1. The highest BCUT2D eigenvalue weighted by Gasteiger charge is 2.17. The molecule has 2 heterocycles. The summed E-state index contributed by atoms with van der Waals surface area (Å²) >= 11 is 5.85. The molecule has 0 bridgehead atoms. The van der Waals surface area contributed by atoms with Crippen molar-refractivity contribution in [3.63, 3.8) is 0 Å². The molecule has 2 N–H and O–H groups in total. The van der Waals surface area contributed by atoms with Gasteiger partial charge in [0.25, 0.3) is 0 Å². The average Bonchev–Trinajstić information content (AvgIpc) is 2.70. The number of nitrogens with one attached hydrogen (secondary N) is 1. The molecule has 0 unspecified atom stereocenters. The van der Waals surface area contributed by atoms with Gasteiger partial charge in [-0.2, -0.15) is 5.10 Å². The van der Waals surface area contributed by atoms with E-state index < -0.39 is 5.43 Å². The Morgan fingerprint density at radius 2 is 1.95 bits per heavy atom. The maximum Gasteiger partial charge on any atom is 0.235 e. The number of hydrogen-bond donors (Lipinski definition) is 2. The van der Waals surface area contributed by atoms with E-state index >= 15 is 0 Å². The van der Waals surface area contributed by atoms with E-state index in [0.717, 1.165) is 0 Å². The van der Waals surface area contributed by atoms with Crippen LogP contribution in [0.4, 0.5) is 0 Å². The van der Waals surface area contributed by atoms with Crippen LogP contribution in [-0.4, -0.2) is 19.9 Å². The average molecular weight is 290 g/mol. The van der Waals surface area contributed by atoms with E-state index in [9.17, 15) is 9.90 Å². The van der Waals surface area contributed by atoms with Gasteiger partial charge in [0.15, 0.2) is 5.75 Å². The Bertz CT molecular complexity index is 863. The first-order chi connectivity index (χ1) is 9.49. The highest BCUT2D eigenvalue weighted by molar-refractivity contribution is 6.30. The molecule has 0 aliphatic carbocycles. The first-order valence-electron chi connectivity index (χ1n) is 6.03. The van der Waals surface area contributed by atoms with Crippen molar-refractivity contribution < 1.29 is 5.11 Å². The minimum Gasteiger partial charge on any atom is -0.503 e. The number of aryl methyl sites for hydroxylation is 2. The van der Waals surface area contributed by atoms with Crippen molar-refractivity contribution in [2.75, 3.05) is 0 Å². The molecule has 6 heteroatoms. The van der Waals surface area contributed by atoms with Crippen LogP contribution < -0.4 is 5.43 Å². The van der Waals surface area contributed by atoms with Gasteiger partial charge in [-0.15, -0.1) is 0 Å². The van der Waals surface area contributed by atoms with E-state index in [2.05, 4.69) is 10.1 Å². The Labute approximate surface area is 119 Å². The van der Waals surface area contributed by atoms with E-state index in [-0.39, 0.29) is 5.75 Å². The summed E-state index contributed by atoms with van der Waals surface area (Å²) in [5.74, 6) is -0.309. The number of halogens is 1. The normalized spacial score (nSPS) is 11.2. The van der Waals surface area contributed by atoms with E-state index in [1.165, 1.54) is 0 Å². The zero-order valence-corrected chi connectivity index (χ0v) is 11.7. The lowest BCUT2D eigenvalue weighted by molar-refractivity contribution is 0.471. The van der Waals surface area contributed by atoms with Crippen LogP contribution in [0, 0.1) is 6.92 Å². The first-order valence-corrected chi connectivity index (χ1v) is 6.41. The Morgan fingerprint density at radius 3 is 2.60 bits per heavy atom. The predicted molar refractivity (Wildman–Crippen MR) is 78.2 cm³/mol. The number of benzene rings is 1. The molecule has 0 radical (unpaired) electrons. The summed E-state index contributed by atoms with van der Waals surface area (Å²) < 4.78 is 1.59. The van der Waals surface area contributed by atoms with Gasteiger partial charge in [-0.1, -0.05) is 23.7 Å². The van der Waals surface area contributed by atoms with Gasteiger partial charge in [0.2, 0.25) is 5.43 Å². The molecule has 102 valence electrons. The molecule has 20 heavy (non-hydrogen) atoms. The van der Waals surface area contributed by atoms with Crippen molar-refractivity contribution >= 4 is 22.6 Å². The van der Waals surface area contributed by atoms with Crippen molar-refractivity contribution in [3.05, 3.63) is 45.2 Å². The summed E-state index contributed by atoms with van der Waals surface area (Å²) in [5, 5.41) is 15.3. The number of aromatic amines is 1. The number of aromatic hydroxyl groups is 1. The third-order valence-electron chi connectivity index (χ3n) is 3.28. The summed E-state index contributed by atoms with van der Waals surface area (Å²) in [4.78, 5) is 15.3. The van der Waals surface area contributed by atoms with Gasteiger partial charge in [0, 0.05) is 17.6 Å². The van der Waals surface area contributed by atoms with Crippen LogP contribution in [0.2, 0.25) is 5.02 Å². The van der Waals surface area contributed by atoms with E-state index in [1.807, 2.05) is 0 Å². The topological polar surface area (TPSA) is 70.9 Å². The molecule has 0 atom stereocenters. The fraction of sp³-hybridized carbons (Fsp3) is 0.143. The van der Waals surface area contributed by atoms with Gasteiger partial charge >= 0.3 is 0 Å². The van der Waals surface area contributed by atoms with E-state index in [0.29, 0.717) is 33.0 Å². The quantitative estimate of drug-likeness (QED) is 0.723. The molecule has 0 saturated carbocycles. The van der Waals surface area contributed by atoms with Gasteiger partial charge in [0.1, 0.15) is 5.65 Å². The van der Waals surface area contributed by atoms with Crippen LogP contribution in [-0.2, 0) is 7.05 Å². The SMILES string of the molecule is Cc1nn(C)c2[nH]c(-c3ccc(Cl)cc3)c(O)c(=O)c12. The minimum absolute atomic E-state index is 0.309. The van der Waals surface area contributed by atoms with Crippen molar-refractivity contribution in [1.29, 1.82) is 0 Å². The number of pyridine rings is 1. The van der Waals surface area contributed by atoms with Gasteiger partial charge in [-0.05, 0) is 19.1 Å².